The van der Waals surface area contributed by atoms with Crippen LogP contribution in [0.2, 0.25) is 0 Å². The molecule has 1 saturated heterocycles. The Morgan fingerprint density at radius 2 is 1.38 bits per heavy atom. The zero-order valence-corrected chi connectivity index (χ0v) is 16.3. The molecule has 0 aromatic heterocycles. The highest BCUT2D eigenvalue weighted by Gasteiger charge is 2.64. The van der Waals surface area contributed by atoms with E-state index < -0.39 is 5.60 Å². The van der Waals surface area contributed by atoms with Crippen molar-refractivity contribution < 1.29 is 14.2 Å². The van der Waals surface area contributed by atoms with Crippen molar-refractivity contribution in [2.75, 3.05) is 13.7 Å². The number of epoxide rings is 1. The second-order valence-electron chi connectivity index (χ2n) is 7.40. The first-order chi connectivity index (χ1) is 14.3. The Morgan fingerprint density at radius 3 is 1.93 bits per heavy atom. The molecular formula is C25H23NO3. The van der Waals surface area contributed by atoms with E-state index in [0.29, 0.717) is 12.5 Å². The van der Waals surface area contributed by atoms with E-state index in [1.165, 1.54) is 0 Å². The van der Waals surface area contributed by atoms with Gasteiger partial charge in [-0.3, -0.25) is 0 Å². The second-order valence-corrected chi connectivity index (χ2v) is 7.40. The third kappa shape index (κ3) is 3.15. The van der Waals surface area contributed by atoms with E-state index in [1.807, 2.05) is 54.6 Å². The molecule has 2 heterocycles. The first-order valence-corrected chi connectivity index (χ1v) is 9.90. The normalized spacial score (nSPS) is 24.6. The molecule has 0 amide bonds. The molecule has 2 aliphatic rings. The van der Waals surface area contributed by atoms with Crippen LogP contribution < -0.4 is 0 Å². The Balaban J connectivity index is 1.50. The molecule has 3 aromatic rings. The van der Waals surface area contributed by atoms with Gasteiger partial charge in [0, 0.05) is 7.11 Å². The van der Waals surface area contributed by atoms with Gasteiger partial charge in [0.1, 0.15) is 12.1 Å². The number of methoxy groups -OCH3 is 1. The van der Waals surface area contributed by atoms with E-state index in [0.717, 1.165) is 16.7 Å². The van der Waals surface area contributed by atoms with Crippen LogP contribution in [0.3, 0.4) is 0 Å². The SMILES string of the molecule is COC[C@@H]1N=C([C@@H]2OC2(c2ccccc2)c2ccccc2)O[C@H]1c1ccccc1. The van der Waals surface area contributed by atoms with E-state index in [9.17, 15) is 0 Å². The molecular weight excluding hydrogens is 362 g/mol. The molecule has 0 radical (unpaired) electrons. The Bertz CT molecular complexity index is 949. The van der Waals surface area contributed by atoms with Crippen LogP contribution in [0.5, 0.6) is 0 Å². The summed E-state index contributed by atoms with van der Waals surface area (Å²) in [5.41, 5.74) is 2.74. The molecule has 0 bridgehead atoms. The van der Waals surface area contributed by atoms with Gasteiger partial charge in [0.2, 0.25) is 5.90 Å². The molecule has 5 rings (SSSR count). The molecule has 3 aromatic carbocycles. The first-order valence-electron chi connectivity index (χ1n) is 9.90. The molecule has 146 valence electrons. The van der Waals surface area contributed by atoms with Gasteiger partial charge in [0.25, 0.3) is 0 Å². The maximum Gasteiger partial charge on any atom is 0.218 e. The highest BCUT2D eigenvalue weighted by atomic mass is 16.6. The fraction of sp³-hybridized carbons (Fsp3) is 0.240. The Labute approximate surface area is 170 Å². The van der Waals surface area contributed by atoms with Crippen molar-refractivity contribution in [2.24, 2.45) is 4.99 Å². The van der Waals surface area contributed by atoms with Gasteiger partial charge < -0.3 is 14.2 Å². The fourth-order valence-corrected chi connectivity index (χ4v) is 4.18. The number of hydrogen-bond acceptors (Lipinski definition) is 4. The van der Waals surface area contributed by atoms with E-state index in [-0.39, 0.29) is 18.2 Å². The summed E-state index contributed by atoms with van der Waals surface area (Å²) in [6.45, 7) is 0.499. The van der Waals surface area contributed by atoms with E-state index in [1.54, 1.807) is 7.11 Å². The van der Waals surface area contributed by atoms with Crippen molar-refractivity contribution in [3.8, 4) is 0 Å². The molecule has 2 aliphatic heterocycles. The van der Waals surface area contributed by atoms with Gasteiger partial charge in [-0.05, 0) is 16.7 Å². The van der Waals surface area contributed by atoms with Crippen LogP contribution in [-0.2, 0) is 19.8 Å². The van der Waals surface area contributed by atoms with Crippen LogP contribution in [-0.4, -0.2) is 31.8 Å². The third-order valence-corrected chi connectivity index (χ3v) is 5.60. The number of ether oxygens (including phenoxy) is 3. The minimum Gasteiger partial charge on any atom is -0.468 e. The van der Waals surface area contributed by atoms with Crippen LogP contribution in [0.4, 0.5) is 0 Å². The second kappa shape index (κ2) is 7.47. The molecule has 0 aliphatic carbocycles. The van der Waals surface area contributed by atoms with Crippen molar-refractivity contribution in [1.82, 2.24) is 0 Å². The number of aliphatic imine (C=N–C) groups is 1. The fourth-order valence-electron chi connectivity index (χ4n) is 4.18. The molecule has 0 spiro atoms. The van der Waals surface area contributed by atoms with Gasteiger partial charge in [-0.15, -0.1) is 0 Å². The zero-order chi connectivity index (χ0) is 19.7. The summed E-state index contributed by atoms with van der Waals surface area (Å²) in [6.07, 6.45) is -0.417. The summed E-state index contributed by atoms with van der Waals surface area (Å²) < 4.78 is 18.2. The maximum absolute atomic E-state index is 6.38. The Hall–Kier alpha value is -2.95. The number of nitrogens with zero attached hydrogens (tertiary/aromatic N) is 1. The lowest BCUT2D eigenvalue weighted by atomic mass is 9.88. The minimum atomic E-state index is -0.565. The monoisotopic (exact) mass is 385 g/mol. The minimum absolute atomic E-state index is 0.0918. The summed E-state index contributed by atoms with van der Waals surface area (Å²) >= 11 is 0. The maximum atomic E-state index is 6.38. The zero-order valence-electron chi connectivity index (χ0n) is 16.3. The molecule has 0 N–H and O–H groups in total. The molecule has 1 fully saturated rings. The number of hydrogen-bond donors (Lipinski definition) is 0. The number of benzene rings is 3. The van der Waals surface area contributed by atoms with Crippen LogP contribution in [0.1, 0.15) is 22.8 Å². The summed E-state index contributed by atoms with van der Waals surface area (Å²) in [6, 6.07) is 30.7. The van der Waals surface area contributed by atoms with E-state index >= 15 is 0 Å². The van der Waals surface area contributed by atoms with Crippen molar-refractivity contribution in [2.45, 2.75) is 23.9 Å². The lowest BCUT2D eigenvalue weighted by molar-refractivity contribution is 0.118. The largest absolute Gasteiger partial charge is 0.468 e. The van der Waals surface area contributed by atoms with Gasteiger partial charge in [-0.25, -0.2) is 4.99 Å². The smallest absolute Gasteiger partial charge is 0.218 e. The quantitative estimate of drug-likeness (QED) is 0.586. The van der Waals surface area contributed by atoms with Crippen LogP contribution in [0.25, 0.3) is 0 Å². The van der Waals surface area contributed by atoms with Crippen LogP contribution >= 0.6 is 0 Å². The lowest BCUT2D eigenvalue weighted by Gasteiger charge is -2.18. The van der Waals surface area contributed by atoms with Crippen molar-refractivity contribution >= 4 is 5.90 Å². The molecule has 3 atom stereocenters. The van der Waals surface area contributed by atoms with Gasteiger partial charge in [-0.1, -0.05) is 91.0 Å². The molecule has 4 nitrogen and oxygen atoms in total. The molecule has 0 saturated carbocycles. The van der Waals surface area contributed by atoms with Gasteiger partial charge in [0.05, 0.1) is 6.61 Å². The van der Waals surface area contributed by atoms with E-state index in [4.69, 9.17) is 19.2 Å². The van der Waals surface area contributed by atoms with Gasteiger partial charge in [-0.2, -0.15) is 0 Å². The topological polar surface area (TPSA) is 43.3 Å². The summed E-state index contributed by atoms with van der Waals surface area (Å²) in [5.74, 6) is 0.647. The van der Waals surface area contributed by atoms with Gasteiger partial charge >= 0.3 is 0 Å². The Kier molecular flexibility index (Phi) is 4.66. The standard InChI is InChI=1S/C25H23NO3/c1-27-17-21-22(18-11-5-2-6-12-18)28-24(26-21)23-25(29-23,19-13-7-3-8-14-19)20-15-9-4-10-16-20/h2-16,21-23H,17H2,1H3/t21-,22-,23-/m0/s1. The highest BCUT2D eigenvalue weighted by molar-refractivity contribution is 5.88. The Morgan fingerprint density at radius 1 is 0.828 bits per heavy atom. The van der Waals surface area contributed by atoms with Crippen molar-refractivity contribution in [1.29, 1.82) is 0 Å². The summed E-state index contributed by atoms with van der Waals surface area (Å²) in [4.78, 5) is 4.89. The summed E-state index contributed by atoms with van der Waals surface area (Å²) in [7, 11) is 1.70. The van der Waals surface area contributed by atoms with Crippen LogP contribution in [0, 0.1) is 0 Å². The predicted octanol–water partition coefficient (Wildman–Crippen LogP) is 4.51. The molecule has 0 unspecified atom stereocenters. The molecule has 29 heavy (non-hydrogen) atoms. The van der Waals surface area contributed by atoms with Gasteiger partial charge in [0.15, 0.2) is 11.7 Å². The average Bonchev–Trinajstić information content (AvgIpc) is 3.42. The van der Waals surface area contributed by atoms with Crippen LogP contribution in [0.15, 0.2) is 96.0 Å². The number of rotatable bonds is 6. The van der Waals surface area contributed by atoms with Crippen molar-refractivity contribution in [3.05, 3.63) is 108 Å². The third-order valence-electron chi connectivity index (χ3n) is 5.60. The lowest BCUT2D eigenvalue weighted by Crippen LogP contribution is -2.22. The van der Waals surface area contributed by atoms with Crippen molar-refractivity contribution in [3.63, 3.8) is 0 Å². The van der Waals surface area contributed by atoms with E-state index in [2.05, 4.69) is 36.4 Å². The predicted molar refractivity (Wildman–Crippen MR) is 112 cm³/mol. The average molecular weight is 385 g/mol. The molecule has 4 heteroatoms. The first kappa shape index (κ1) is 18.1. The highest BCUT2D eigenvalue weighted by Crippen LogP contribution is 2.53. The summed E-state index contributed by atoms with van der Waals surface area (Å²) in [5, 5.41) is 0.